The SMILES string of the molecule is CCCOC(=O)C(CC)C(C(=O)OCCC)(C(=O)OCCC)C(=O)OCCC. The van der Waals surface area contributed by atoms with Gasteiger partial charge in [-0.1, -0.05) is 34.6 Å². The third kappa shape index (κ3) is 6.49. The first kappa shape index (κ1) is 25.9. The standard InChI is InChI=1S/C20H34O8/c1-6-11-25-16(21)15(10-5)20(17(22)26-12-7-2,18(23)27-13-8-3)19(24)28-14-9-4/h15H,6-14H2,1-5H3. The summed E-state index contributed by atoms with van der Waals surface area (Å²) in [5.41, 5.74) is -2.54. The predicted molar refractivity (Wildman–Crippen MR) is 101 cm³/mol. The van der Waals surface area contributed by atoms with Crippen molar-refractivity contribution in [2.45, 2.75) is 66.7 Å². The molecular weight excluding hydrogens is 368 g/mol. The maximum Gasteiger partial charge on any atom is 0.336 e. The van der Waals surface area contributed by atoms with Crippen LogP contribution < -0.4 is 0 Å². The Morgan fingerprint density at radius 1 is 0.607 bits per heavy atom. The maximum atomic E-state index is 13.0. The molecule has 0 saturated heterocycles. The molecule has 0 N–H and O–H groups in total. The molecule has 0 fully saturated rings. The summed E-state index contributed by atoms with van der Waals surface area (Å²) in [5.74, 6) is -5.66. The van der Waals surface area contributed by atoms with Crippen molar-refractivity contribution in [3.63, 3.8) is 0 Å². The van der Waals surface area contributed by atoms with Crippen molar-refractivity contribution in [2.24, 2.45) is 11.3 Å². The van der Waals surface area contributed by atoms with Crippen LogP contribution in [-0.4, -0.2) is 50.3 Å². The number of esters is 4. The molecular formula is C20H34O8. The molecule has 8 nitrogen and oxygen atoms in total. The van der Waals surface area contributed by atoms with Crippen LogP contribution >= 0.6 is 0 Å². The van der Waals surface area contributed by atoms with Gasteiger partial charge in [-0.2, -0.15) is 0 Å². The van der Waals surface area contributed by atoms with Gasteiger partial charge in [-0.15, -0.1) is 0 Å². The zero-order chi connectivity index (χ0) is 21.6. The average Bonchev–Trinajstić information content (AvgIpc) is 2.70. The molecule has 0 rings (SSSR count). The Morgan fingerprint density at radius 3 is 1.21 bits per heavy atom. The van der Waals surface area contributed by atoms with Crippen molar-refractivity contribution in [2.75, 3.05) is 26.4 Å². The highest BCUT2D eigenvalue weighted by Gasteiger charge is 2.65. The van der Waals surface area contributed by atoms with E-state index >= 15 is 0 Å². The van der Waals surface area contributed by atoms with Crippen LogP contribution in [-0.2, 0) is 38.1 Å². The first-order valence-electron chi connectivity index (χ1n) is 10.1. The molecule has 0 aromatic heterocycles. The summed E-state index contributed by atoms with van der Waals surface area (Å²) in [6.07, 6.45) is 1.98. The van der Waals surface area contributed by atoms with Crippen LogP contribution in [0.25, 0.3) is 0 Å². The Hall–Kier alpha value is -2.12. The van der Waals surface area contributed by atoms with Crippen LogP contribution in [0.1, 0.15) is 66.7 Å². The highest BCUT2D eigenvalue weighted by molar-refractivity contribution is 6.20. The van der Waals surface area contributed by atoms with E-state index in [1.807, 2.05) is 6.92 Å². The van der Waals surface area contributed by atoms with Gasteiger partial charge in [-0.05, 0) is 32.1 Å². The van der Waals surface area contributed by atoms with Gasteiger partial charge in [-0.3, -0.25) is 19.2 Å². The Labute approximate surface area is 167 Å². The fraction of sp³-hybridized carbons (Fsp3) is 0.800. The van der Waals surface area contributed by atoms with E-state index in [2.05, 4.69) is 0 Å². The summed E-state index contributed by atoms with van der Waals surface area (Å²) in [4.78, 5) is 51.6. The molecule has 0 heterocycles. The van der Waals surface area contributed by atoms with E-state index in [0.717, 1.165) is 0 Å². The van der Waals surface area contributed by atoms with E-state index in [1.54, 1.807) is 27.7 Å². The number of ether oxygens (including phenoxy) is 4. The van der Waals surface area contributed by atoms with Gasteiger partial charge in [-0.25, -0.2) is 0 Å². The summed E-state index contributed by atoms with van der Waals surface area (Å²) in [6.45, 7) is 8.77. The molecule has 0 spiro atoms. The van der Waals surface area contributed by atoms with E-state index in [0.29, 0.717) is 25.7 Å². The molecule has 0 bridgehead atoms. The van der Waals surface area contributed by atoms with E-state index < -0.39 is 35.2 Å². The highest BCUT2D eigenvalue weighted by Crippen LogP contribution is 2.37. The molecule has 28 heavy (non-hydrogen) atoms. The maximum absolute atomic E-state index is 13.0. The van der Waals surface area contributed by atoms with E-state index in [1.165, 1.54) is 0 Å². The normalized spacial score (nSPS) is 12.0. The highest BCUT2D eigenvalue weighted by atomic mass is 16.6. The molecule has 0 aliphatic carbocycles. The Morgan fingerprint density at radius 2 is 0.929 bits per heavy atom. The van der Waals surface area contributed by atoms with Crippen molar-refractivity contribution in [1.82, 2.24) is 0 Å². The monoisotopic (exact) mass is 402 g/mol. The van der Waals surface area contributed by atoms with Crippen LogP contribution in [0.4, 0.5) is 0 Å². The summed E-state index contributed by atoms with van der Waals surface area (Å²) >= 11 is 0. The van der Waals surface area contributed by atoms with Crippen LogP contribution in [0.3, 0.4) is 0 Å². The molecule has 0 aromatic rings. The van der Waals surface area contributed by atoms with Gasteiger partial charge in [0.1, 0.15) is 0 Å². The van der Waals surface area contributed by atoms with Crippen LogP contribution in [0.15, 0.2) is 0 Å². The summed E-state index contributed by atoms with van der Waals surface area (Å²) in [6, 6.07) is 0. The fourth-order valence-corrected chi connectivity index (χ4v) is 2.56. The van der Waals surface area contributed by atoms with Crippen molar-refractivity contribution >= 4 is 23.9 Å². The third-order valence-electron chi connectivity index (χ3n) is 3.94. The lowest BCUT2D eigenvalue weighted by Crippen LogP contribution is -2.57. The Kier molecular flexibility index (Phi) is 12.9. The van der Waals surface area contributed by atoms with Crippen molar-refractivity contribution in [3.8, 4) is 0 Å². The molecule has 1 unspecified atom stereocenters. The number of hydrogen-bond acceptors (Lipinski definition) is 8. The van der Waals surface area contributed by atoms with Crippen LogP contribution in [0.5, 0.6) is 0 Å². The molecule has 0 aliphatic heterocycles. The van der Waals surface area contributed by atoms with E-state index in [9.17, 15) is 19.2 Å². The molecule has 1 atom stereocenters. The fourth-order valence-electron chi connectivity index (χ4n) is 2.56. The van der Waals surface area contributed by atoms with Crippen LogP contribution in [0, 0.1) is 11.3 Å². The second-order valence-corrected chi connectivity index (χ2v) is 6.34. The zero-order valence-corrected chi connectivity index (χ0v) is 17.7. The minimum Gasteiger partial charge on any atom is -0.465 e. The quantitative estimate of drug-likeness (QED) is 0.248. The number of rotatable bonds is 14. The topological polar surface area (TPSA) is 105 Å². The molecule has 0 amide bonds. The van der Waals surface area contributed by atoms with Crippen LogP contribution in [0.2, 0.25) is 0 Å². The molecule has 8 heteroatoms. The van der Waals surface area contributed by atoms with E-state index in [-0.39, 0.29) is 32.8 Å². The van der Waals surface area contributed by atoms with Gasteiger partial charge < -0.3 is 18.9 Å². The summed E-state index contributed by atoms with van der Waals surface area (Å²) < 4.78 is 20.6. The van der Waals surface area contributed by atoms with Crippen molar-refractivity contribution in [1.29, 1.82) is 0 Å². The Balaban J connectivity index is 6.31. The first-order chi connectivity index (χ1) is 13.4. The van der Waals surface area contributed by atoms with Gasteiger partial charge in [0, 0.05) is 0 Å². The third-order valence-corrected chi connectivity index (χ3v) is 3.94. The lowest BCUT2D eigenvalue weighted by Gasteiger charge is -2.32. The largest absolute Gasteiger partial charge is 0.465 e. The predicted octanol–water partition coefficient (Wildman–Crippen LogP) is 2.81. The molecule has 0 aliphatic rings. The summed E-state index contributed by atoms with van der Waals surface area (Å²) in [7, 11) is 0. The zero-order valence-electron chi connectivity index (χ0n) is 17.7. The summed E-state index contributed by atoms with van der Waals surface area (Å²) in [5, 5.41) is 0. The lowest BCUT2D eigenvalue weighted by molar-refractivity contribution is -0.194. The van der Waals surface area contributed by atoms with Gasteiger partial charge >= 0.3 is 23.9 Å². The average molecular weight is 402 g/mol. The van der Waals surface area contributed by atoms with Gasteiger partial charge in [0.15, 0.2) is 0 Å². The molecule has 0 radical (unpaired) electrons. The molecule has 0 aromatic carbocycles. The smallest absolute Gasteiger partial charge is 0.336 e. The van der Waals surface area contributed by atoms with Gasteiger partial charge in [0.25, 0.3) is 5.41 Å². The molecule has 162 valence electrons. The van der Waals surface area contributed by atoms with Crippen molar-refractivity contribution in [3.05, 3.63) is 0 Å². The number of carbonyl (C=O) groups is 4. The van der Waals surface area contributed by atoms with Crippen molar-refractivity contribution < 1.29 is 38.1 Å². The Bertz CT molecular complexity index is 464. The second-order valence-electron chi connectivity index (χ2n) is 6.34. The number of carbonyl (C=O) groups excluding carboxylic acids is 4. The van der Waals surface area contributed by atoms with E-state index in [4.69, 9.17) is 18.9 Å². The van der Waals surface area contributed by atoms with Gasteiger partial charge in [0.05, 0.1) is 32.3 Å². The minimum atomic E-state index is -2.54. The lowest BCUT2D eigenvalue weighted by atomic mass is 9.73. The minimum absolute atomic E-state index is 0.00772. The second kappa shape index (κ2) is 14.0. The molecule has 0 saturated carbocycles. The number of hydrogen-bond donors (Lipinski definition) is 0. The first-order valence-corrected chi connectivity index (χ1v) is 10.1. The van der Waals surface area contributed by atoms with Gasteiger partial charge in [0.2, 0.25) is 0 Å².